The number of carbonyl (C=O) groups excluding carboxylic acids is 2. The molecule has 0 aliphatic carbocycles. The van der Waals surface area contributed by atoms with E-state index >= 15 is 0 Å². The summed E-state index contributed by atoms with van der Waals surface area (Å²) in [5.41, 5.74) is 5.97. The van der Waals surface area contributed by atoms with Crippen LogP contribution in [-0.2, 0) is 23.9 Å². The molecule has 0 atom stereocenters. The van der Waals surface area contributed by atoms with Gasteiger partial charge in [0.15, 0.2) is 0 Å². The van der Waals surface area contributed by atoms with E-state index < -0.39 is 23.4 Å². The van der Waals surface area contributed by atoms with Crippen LogP contribution in [0.15, 0.2) is 60.7 Å². The van der Waals surface area contributed by atoms with Crippen molar-refractivity contribution in [1.82, 2.24) is 0 Å². The predicted molar refractivity (Wildman–Crippen MR) is 231 cm³/mol. The molecular weight excluding hydrogens is 719 g/mol. The third kappa shape index (κ3) is 25.0. The van der Waals surface area contributed by atoms with E-state index in [1.807, 2.05) is 48.5 Å². The van der Waals surface area contributed by atoms with E-state index in [0.717, 1.165) is 35.5 Å². The molecule has 0 aliphatic heterocycles. The first-order chi connectivity index (χ1) is 27.8. The Kier molecular flexibility index (Phi) is 27.5. The number of unbranched alkanes of at least 4 members (excludes halogenated alkanes) is 18. The fourth-order valence-electron chi connectivity index (χ4n) is 6.34. The Hall–Kier alpha value is -4.11. The number of carboxylic acid groups (broad SMARTS) is 1. The van der Waals surface area contributed by atoms with Crippen molar-refractivity contribution in [3.05, 3.63) is 71.8 Å². The van der Waals surface area contributed by atoms with Gasteiger partial charge in [0, 0.05) is 25.0 Å². The number of nitrogens with two attached hydrogens (primary N) is 1. The zero-order chi connectivity index (χ0) is 41.2. The highest BCUT2D eigenvalue weighted by atomic mass is 16.5. The molecule has 0 radical (unpaired) electrons. The van der Waals surface area contributed by atoms with Crippen LogP contribution in [0.1, 0.15) is 166 Å². The van der Waals surface area contributed by atoms with Gasteiger partial charge in [-0.1, -0.05) is 154 Å². The van der Waals surface area contributed by atoms with E-state index in [0.29, 0.717) is 13.2 Å². The number of ether oxygens (including phenoxy) is 4. The normalized spacial score (nSPS) is 12.5. The number of hydrogen-bond acceptors (Lipinski definition) is 8. The number of esters is 2. The van der Waals surface area contributed by atoms with Gasteiger partial charge in [-0.2, -0.15) is 0 Å². The van der Waals surface area contributed by atoms with Crippen molar-refractivity contribution in [2.75, 3.05) is 26.4 Å². The number of hydrogen-bond donors (Lipinski definition) is 2. The Morgan fingerprint density at radius 1 is 0.509 bits per heavy atom. The van der Waals surface area contributed by atoms with Gasteiger partial charge in [-0.25, -0.2) is 9.59 Å². The average molecular weight is 792 g/mol. The standard InChI is InChI=1S/C48H73NO8/c1-3-5-7-9-11-13-15-17-19-21-37-54-43-29-23-41(24-30-43)27-33-45(50)56-39-35-48(49,47(52)53)36-40-57-46(51)34-28-42-25-31-44(32-26-42)55-38-22-20-18-16-14-12-10-8-6-4-2/h23-34H,3-22,35-40,49H2,1-2H3,(H,52,53). The number of carboxylic acids is 1. The number of aliphatic carboxylic acids is 1. The smallest absolute Gasteiger partial charge is 0.330 e. The first-order valence-corrected chi connectivity index (χ1v) is 21.9. The third-order valence-corrected chi connectivity index (χ3v) is 10.1. The lowest BCUT2D eigenvalue weighted by atomic mass is 9.93. The zero-order valence-electron chi connectivity index (χ0n) is 35.2. The molecule has 2 rings (SSSR count). The predicted octanol–water partition coefficient (Wildman–Crippen LogP) is 11.7. The number of carbonyl (C=O) groups is 3. The fraction of sp³-hybridized carbons (Fsp3) is 0.604. The summed E-state index contributed by atoms with van der Waals surface area (Å²) in [6.07, 6.45) is 31.1. The minimum Gasteiger partial charge on any atom is -0.494 e. The third-order valence-electron chi connectivity index (χ3n) is 10.1. The molecular formula is C48H73NO8. The van der Waals surface area contributed by atoms with Crippen LogP contribution in [0.5, 0.6) is 11.5 Å². The quantitative estimate of drug-likeness (QED) is 0.0397. The molecule has 3 N–H and O–H groups in total. The molecule has 0 aromatic heterocycles. The molecule has 0 heterocycles. The molecule has 0 aliphatic rings. The lowest BCUT2D eigenvalue weighted by Gasteiger charge is -2.24. The first kappa shape index (κ1) is 49.0. The van der Waals surface area contributed by atoms with Gasteiger partial charge in [0.2, 0.25) is 0 Å². The van der Waals surface area contributed by atoms with Gasteiger partial charge in [-0.05, 0) is 60.4 Å². The Morgan fingerprint density at radius 3 is 1.14 bits per heavy atom. The molecule has 0 bridgehead atoms. The summed E-state index contributed by atoms with van der Waals surface area (Å²) in [7, 11) is 0. The molecule has 9 nitrogen and oxygen atoms in total. The Labute approximate surface area is 343 Å². The van der Waals surface area contributed by atoms with E-state index in [1.165, 1.54) is 128 Å². The van der Waals surface area contributed by atoms with Crippen molar-refractivity contribution >= 4 is 30.1 Å². The Bertz CT molecular complexity index is 1310. The van der Waals surface area contributed by atoms with Crippen molar-refractivity contribution in [3.8, 4) is 11.5 Å². The maximum atomic E-state index is 12.3. The van der Waals surface area contributed by atoms with Gasteiger partial charge >= 0.3 is 17.9 Å². The van der Waals surface area contributed by atoms with E-state index in [9.17, 15) is 19.5 Å². The van der Waals surface area contributed by atoms with Crippen molar-refractivity contribution in [1.29, 1.82) is 0 Å². The molecule has 0 fully saturated rings. The van der Waals surface area contributed by atoms with Gasteiger partial charge in [-0.3, -0.25) is 4.79 Å². The highest BCUT2D eigenvalue weighted by Gasteiger charge is 2.34. The van der Waals surface area contributed by atoms with Crippen LogP contribution in [-0.4, -0.2) is 55.0 Å². The minimum absolute atomic E-state index is 0.145. The van der Waals surface area contributed by atoms with Crippen LogP contribution >= 0.6 is 0 Å². The summed E-state index contributed by atoms with van der Waals surface area (Å²) in [6, 6.07) is 14.9. The van der Waals surface area contributed by atoms with Gasteiger partial charge in [0.05, 0.1) is 26.4 Å². The first-order valence-electron chi connectivity index (χ1n) is 21.9. The van der Waals surface area contributed by atoms with Crippen LogP contribution < -0.4 is 15.2 Å². The topological polar surface area (TPSA) is 134 Å². The number of benzene rings is 2. The van der Waals surface area contributed by atoms with Crippen LogP contribution in [0.3, 0.4) is 0 Å². The Morgan fingerprint density at radius 2 is 0.825 bits per heavy atom. The van der Waals surface area contributed by atoms with Gasteiger partial charge < -0.3 is 29.8 Å². The van der Waals surface area contributed by atoms with E-state index in [-0.39, 0.29) is 26.1 Å². The highest BCUT2D eigenvalue weighted by Crippen LogP contribution is 2.18. The monoisotopic (exact) mass is 792 g/mol. The van der Waals surface area contributed by atoms with Crippen LogP contribution in [0.4, 0.5) is 0 Å². The van der Waals surface area contributed by atoms with Crippen molar-refractivity contribution < 1.29 is 38.4 Å². The molecule has 0 amide bonds. The molecule has 0 unspecified atom stereocenters. The van der Waals surface area contributed by atoms with Gasteiger partial charge in [-0.15, -0.1) is 0 Å². The molecule has 0 spiro atoms. The van der Waals surface area contributed by atoms with E-state index in [1.54, 1.807) is 12.2 Å². The van der Waals surface area contributed by atoms with E-state index in [2.05, 4.69) is 13.8 Å². The molecule has 2 aromatic rings. The summed E-state index contributed by atoms with van der Waals surface area (Å²) in [6.45, 7) is 5.45. The average Bonchev–Trinajstić information content (AvgIpc) is 3.21. The summed E-state index contributed by atoms with van der Waals surface area (Å²) >= 11 is 0. The summed E-state index contributed by atoms with van der Waals surface area (Å²) < 4.78 is 22.1. The molecule has 0 saturated heterocycles. The summed E-state index contributed by atoms with van der Waals surface area (Å²) in [4.78, 5) is 36.5. The van der Waals surface area contributed by atoms with Crippen molar-refractivity contribution in [2.45, 2.75) is 161 Å². The fourth-order valence-corrected chi connectivity index (χ4v) is 6.34. The molecule has 2 aromatic carbocycles. The van der Waals surface area contributed by atoms with Crippen LogP contribution in [0, 0.1) is 0 Å². The lowest BCUT2D eigenvalue weighted by Crippen LogP contribution is -2.49. The maximum absolute atomic E-state index is 12.3. The maximum Gasteiger partial charge on any atom is 0.330 e. The minimum atomic E-state index is -1.73. The number of rotatable bonds is 35. The largest absolute Gasteiger partial charge is 0.494 e. The van der Waals surface area contributed by atoms with E-state index in [4.69, 9.17) is 24.7 Å². The second-order valence-electron chi connectivity index (χ2n) is 15.2. The SMILES string of the molecule is CCCCCCCCCCCCOc1ccc(C=CC(=O)OCCC(N)(CCOC(=O)C=Cc2ccc(OCCCCCCCCCCCC)cc2)C(=O)O)cc1. The summed E-state index contributed by atoms with van der Waals surface area (Å²) in [5, 5.41) is 9.74. The van der Waals surface area contributed by atoms with Gasteiger partial charge in [0.1, 0.15) is 17.0 Å². The lowest BCUT2D eigenvalue weighted by molar-refractivity contribution is -0.149. The highest BCUT2D eigenvalue weighted by molar-refractivity contribution is 5.87. The molecule has 318 valence electrons. The van der Waals surface area contributed by atoms with Crippen LogP contribution in [0.25, 0.3) is 12.2 Å². The Balaban J connectivity index is 1.58. The second kappa shape index (κ2) is 31.9. The van der Waals surface area contributed by atoms with Crippen LogP contribution in [0.2, 0.25) is 0 Å². The van der Waals surface area contributed by atoms with Crippen molar-refractivity contribution in [2.24, 2.45) is 5.73 Å². The molecule has 57 heavy (non-hydrogen) atoms. The molecule has 0 saturated carbocycles. The zero-order valence-corrected chi connectivity index (χ0v) is 35.2. The molecule has 9 heteroatoms. The van der Waals surface area contributed by atoms with Gasteiger partial charge in [0.25, 0.3) is 0 Å². The summed E-state index contributed by atoms with van der Waals surface area (Å²) in [5.74, 6) is -0.939. The second-order valence-corrected chi connectivity index (χ2v) is 15.2. The van der Waals surface area contributed by atoms with Crippen molar-refractivity contribution in [3.63, 3.8) is 0 Å².